The minimum atomic E-state index is -0.798. The number of rotatable bonds is 3. The number of hydrogen-bond acceptors (Lipinski definition) is 3. The summed E-state index contributed by atoms with van der Waals surface area (Å²) < 4.78 is 0. The van der Waals surface area contributed by atoms with Crippen LogP contribution in [0.3, 0.4) is 0 Å². The zero-order valence-corrected chi connectivity index (χ0v) is 9.93. The summed E-state index contributed by atoms with van der Waals surface area (Å²) >= 11 is 0. The van der Waals surface area contributed by atoms with E-state index in [-0.39, 0.29) is 5.91 Å². The van der Waals surface area contributed by atoms with Gasteiger partial charge in [-0.1, -0.05) is 30.3 Å². The molecule has 4 N–H and O–H groups in total. The highest BCUT2D eigenvalue weighted by atomic mass is 16.1. The van der Waals surface area contributed by atoms with Gasteiger partial charge in [0.2, 0.25) is 5.91 Å². The first-order chi connectivity index (χ1) is 8.10. The fraction of sp³-hybridized carbons (Fsp3) is 0.462. The molecule has 1 aromatic carbocycles. The van der Waals surface area contributed by atoms with Gasteiger partial charge in [-0.05, 0) is 18.4 Å². The summed E-state index contributed by atoms with van der Waals surface area (Å²) in [5, 5.41) is 0. The molecular weight excluding hydrogens is 214 g/mol. The SMILES string of the molecule is NC(=O)C1(N)CCN(Cc2ccccc2)CC1. The summed E-state index contributed by atoms with van der Waals surface area (Å²) in [6, 6.07) is 10.3. The Kier molecular flexibility index (Phi) is 3.45. The molecule has 1 aliphatic rings. The molecule has 0 spiro atoms. The van der Waals surface area contributed by atoms with Crippen LogP contribution in [0.4, 0.5) is 0 Å². The maximum absolute atomic E-state index is 11.2. The Morgan fingerprint density at radius 3 is 2.35 bits per heavy atom. The van der Waals surface area contributed by atoms with Gasteiger partial charge in [-0.25, -0.2) is 0 Å². The molecule has 4 heteroatoms. The zero-order valence-electron chi connectivity index (χ0n) is 9.93. The van der Waals surface area contributed by atoms with Crippen molar-refractivity contribution in [3.05, 3.63) is 35.9 Å². The number of benzene rings is 1. The number of nitrogens with two attached hydrogens (primary N) is 2. The number of hydrogen-bond donors (Lipinski definition) is 2. The lowest BCUT2D eigenvalue weighted by atomic mass is 9.88. The predicted octanol–water partition coefficient (Wildman–Crippen LogP) is 0.465. The Hall–Kier alpha value is -1.39. The van der Waals surface area contributed by atoms with Crippen molar-refractivity contribution in [2.75, 3.05) is 13.1 Å². The normalized spacial score (nSPS) is 20.1. The average Bonchev–Trinajstić information content (AvgIpc) is 2.33. The Labute approximate surface area is 102 Å². The Bertz CT molecular complexity index is 383. The molecule has 1 aromatic rings. The van der Waals surface area contributed by atoms with Gasteiger partial charge in [0.15, 0.2) is 0 Å². The maximum Gasteiger partial charge on any atom is 0.237 e. The van der Waals surface area contributed by atoms with Crippen LogP contribution in [0, 0.1) is 0 Å². The third-order valence-electron chi connectivity index (χ3n) is 3.49. The second-order valence-corrected chi connectivity index (χ2v) is 4.78. The van der Waals surface area contributed by atoms with Crippen LogP contribution in [0.1, 0.15) is 18.4 Å². The largest absolute Gasteiger partial charge is 0.368 e. The summed E-state index contributed by atoms with van der Waals surface area (Å²) in [7, 11) is 0. The molecule has 1 amide bonds. The van der Waals surface area contributed by atoms with Gasteiger partial charge in [0.1, 0.15) is 0 Å². The summed E-state index contributed by atoms with van der Waals surface area (Å²) in [4.78, 5) is 13.5. The van der Waals surface area contributed by atoms with Crippen LogP contribution in [0.2, 0.25) is 0 Å². The number of likely N-dealkylation sites (tertiary alicyclic amines) is 1. The molecule has 1 aliphatic heterocycles. The summed E-state index contributed by atoms with van der Waals surface area (Å²) in [5.41, 5.74) is 11.8. The van der Waals surface area contributed by atoms with Gasteiger partial charge >= 0.3 is 0 Å². The van der Waals surface area contributed by atoms with Gasteiger partial charge in [0.25, 0.3) is 0 Å². The Balaban J connectivity index is 1.90. The minimum Gasteiger partial charge on any atom is -0.368 e. The molecule has 0 bridgehead atoms. The number of piperidine rings is 1. The predicted molar refractivity (Wildman–Crippen MR) is 67.1 cm³/mol. The molecule has 0 saturated carbocycles. The molecule has 0 radical (unpaired) electrons. The molecule has 1 heterocycles. The van der Waals surface area contributed by atoms with Gasteiger partial charge in [-0.15, -0.1) is 0 Å². The van der Waals surface area contributed by atoms with Gasteiger partial charge in [0, 0.05) is 19.6 Å². The van der Waals surface area contributed by atoms with Crippen LogP contribution in [0.5, 0.6) is 0 Å². The van der Waals surface area contributed by atoms with E-state index in [1.54, 1.807) is 0 Å². The van der Waals surface area contributed by atoms with Crippen LogP contribution in [0.15, 0.2) is 30.3 Å². The first-order valence-corrected chi connectivity index (χ1v) is 5.95. The molecule has 92 valence electrons. The second-order valence-electron chi connectivity index (χ2n) is 4.78. The van der Waals surface area contributed by atoms with Gasteiger partial charge in [-0.3, -0.25) is 9.69 Å². The third-order valence-corrected chi connectivity index (χ3v) is 3.49. The van der Waals surface area contributed by atoms with Crippen molar-refractivity contribution in [2.45, 2.75) is 24.9 Å². The van der Waals surface area contributed by atoms with E-state index in [1.807, 2.05) is 18.2 Å². The van der Waals surface area contributed by atoms with E-state index in [2.05, 4.69) is 17.0 Å². The van der Waals surface area contributed by atoms with E-state index in [1.165, 1.54) is 5.56 Å². The lowest BCUT2D eigenvalue weighted by Gasteiger charge is -2.36. The Morgan fingerprint density at radius 2 is 1.82 bits per heavy atom. The molecule has 0 aliphatic carbocycles. The van der Waals surface area contributed by atoms with Gasteiger partial charge < -0.3 is 11.5 Å². The summed E-state index contributed by atoms with van der Waals surface area (Å²) in [5.74, 6) is -0.378. The van der Waals surface area contributed by atoms with Crippen molar-refractivity contribution >= 4 is 5.91 Å². The first-order valence-electron chi connectivity index (χ1n) is 5.95. The highest BCUT2D eigenvalue weighted by Crippen LogP contribution is 2.20. The third kappa shape index (κ3) is 2.84. The van der Waals surface area contributed by atoms with E-state index in [4.69, 9.17) is 11.5 Å². The van der Waals surface area contributed by atoms with Crippen molar-refractivity contribution in [1.82, 2.24) is 4.90 Å². The van der Waals surface area contributed by atoms with E-state index in [0.717, 1.165) is 19.6 Å². The number of nitrogens with zero attached hydrogens (tertiary/aromatic N) is 1. The highest BCUT2D eigenvalue weighted by Gasteiger charge is 2.35. The van der Waals surface area contributed by atoms with E-state index in [9.17, 15) is 4.79 Å². The van der Waals surface area contributed by atoms with Crippen molar-refractivity contribution in [3.8, 4) is 0 Å². The molecule has 0 aromatic heterocycles. The van der Waals surface area contributed by atoms with Gasteiger partial charge in [0.05, 0.1) is 5.54 Å². The average molecular weight is 233 g/mol. The van der Waals surface area contributed by atoms with Crippen LogP contribution in [-0.2, 0) is 11.3 Å². The fourth-order valence-corrected chi connectivity index (χ4v) is 2.20. The molecular formula is C13H19N3O. The van der Waals surface area contributed by atoms with Crippen molar-refractivity contribution in [2.24, 2.45) is 11.5 Å². The maximum atomic E-state index is 11.2. The zero-order chi connectivity index (χ0) is 12.3. The van der Waals surface area contributed by atoms with E-state index < -0.39 is 5.54 Å². The standard InChI is InChI=1S/C13H19N3O/c14-12(17)13(15)6-8-16(9-7-13)10-11-4-2-1-3-5-11/h1-5H,6-10,15H2,(H2,14,17). The van der Waals surface area contributed by atoms with Crippen LogP contribution >= 0.6 is 0 Å². The monoisotopic (exact) mass is 233 g/mol. The number of amides is 1. The second kappa shape index (κ2) is 4.85. The van der Waals surface area contributed by atoms with E-state index in [0.29, 0.717) is 12.8 Å². The van der Waals surface area contributed by atoms with Crippen LogP contribution < -0.4 is 11.5 Å². The van der Waals surface area contributed by atoms with Gasteiger partial charge in [-0.2, -0.15) is 0 Å². The molecule has 4 nitrogen and oxygen atoms in total. The lowest BCUT2D eigenvalue weighted by molar-refractivity contribution is -0.124. The summed E-state index contributed by atoms with van der Waals surface area (Å²) in [6.07, 6.45) is 1.30. The summed E-state index contributed by atoms with van der Waals surface area (Å²) in [6.45, 7) is 2.57. The van der Waals surface area contributed by atoms with Crippen molar-refractivity contribution < 1.29 is 4.79 Å². The van der Waals surface area contributed by atoms with Crippen LogP contribution in [0.25, 0.3) is 0 Å². The Morgan fingerprint density at radius 1 is 1.24 bits per heavy atom. The fourth-order valence-electron chi connectivity index (χ4n) is 2.20. The minimum absolute atomic E-state index is 0.378. The van der Waals surface area contributed by atoms with Crippen molar-refractivity contribution in [1.29, 1.82) is 0 Å². The number of carbonyl (C=O) groups is 1. The molecule has 0 unspecified atom stereocenters. The molecule has 17 heavy (non-hydrogen) atoms. The smallest absolute Gasteiger partial charge is 0.237 e. The first kappa shape index (κ1) is 12.1. The topological polar surface area (TPSA) is 72.3 Å². The van der Waals surface area contributed by atoms with Crippen molar-refractivity contribution in [3.63, 3.8) is 0 Å². The molecule has 2 rings (SSSR count). The molecule has 0 atom stereocenters. The lowest BCUT2D eigenvalue weighted by Crippen LogP contribution is -2.58. The highest BCUT2D eigenvalue weighted by molar-refractivity contribution is 5.84. The quantitative estimate of drug-likeness (QED) is 0.797. The number of primary amides is 1. The van der Waals surface area contributed by atoms with E-state index >= 15 is 0 Å². The molecule has 1 fully saturated rings. The molecule has 1 saturated heterocycles. The number of carbonyl (C=O) groups excluding carboxylic acids is 1. The van der Waals surface area contributed by atoms with Crippen LogP contribution in [-0.4, -0.2) is 29.4 Å².